The molecule has 16 heavy (non-hydrogen) atoms. The second kappa shape index (κ2) is 5.58. The summed E-state index contributed by atoms with van der Waals surface area (Å²) in [5.74, 6) is 0.401. The van der Waals surface area contributed by atoms with Crippen LogP contribution in [0.2, 0.25) is 0 Å². The maximum atomic E-state index is 11.8. The van der Waals surface area contributed by atoms with Gasteiger partial charge in [-0.05, 0) is 32.6 Å². The van der Waals surface area contributed by atoms with E-state index in [4.69, 9.17) is 10.9 Å². The van der Waals surface area contributed by atoms with Crippen molar-refractivity contribution < 1.29 is 10.0 Å². The number of urea groups is 1. The first kappa shape index (κ1) is 12.6. The molecule has 1 saturated carbocycles. The van der Waals surface area contributed by atoms with Crippen LogP contribution in [0.25, 0.3) is 0 Å². The van der Waals surface area contributed by atoms with Gasteiger partial charge in [0.15, 0.2) is 5.84 Å². The molecule has 6 heteroatoms. The molecule has 0 bridgehead atoms. The summed E-state index contributed by atoms with van der Waals surface area (Å²) < 4.78 is 0. The highest BCUT2D eigenvalue weighted by Gasteiger charge is 2.35. The average molecular weight is 228 g/mol. The molecule has 0 aromatic heterocycles. The minimum atomic E-state index is -0.335. The van der Waals surface area contributed by atoms with E-state index in [0.29, 0.717) is 19.0 Å². The predicted octanol–water partition coefficient (Wildman–Crippen LogP) is 0.563. The number of amidine groups is 1. The Labute approximate surface area is 95.5 Å². The largest absolute Gasteiger partial charge is 0.409 e. The minimum absolute atomic E-state index is 0.0861. The van der Waals surface area contributed by atoms with Crippen molar-refractivity contribution in [1.29, 1.82) is 0 Å². The van der Waals surface area contributed by atoms with E-state index < -0.39 is 0 Å². The molecule has 0 aliphatic heterocycles. The Balaban J connectivity index is 2.57. The lowest BCUT2D eigenvalue weighted by Crippen LogP contribution is -2.51. The molecule has 1 aliphatic carbocycles. The Hall–Kier alpha value is -1.46. The number of oxime groups is 1. The molecule has 0 heterocycles. The standard InChI is InChI=1S/C10H20N4O2/c1-3-14(4-2)10(15)12-8(7-5-6-7)9(11)13-16/h7-8,16H,3-6H2,1-2H3,(H2,11,13)(H,12,15). The summed E-state index contributed by atoms with van der Waals surface area (Å²) in [4.78, 5) is 13.5. The van der Waals surface area contributed by atoms with E-state index in [1.807, 2.05) is 13.8 Å². The van der Waals surface area contributed by atoms with Crippen LogP contribution in [0.4, 0.5) is 4.79 Å². The number of rotatable bonds is 5. The van der Waals surface area contributed by atoms with Crippen LogP contribution in [0.5, 0.6) is 0 Å². The molecule has 1 aliphatic rings. The van der Waals surface area contributed by atoms with E-state index in [2.05, 4.69) is 10.5 Å². The monoisotopic (exact) mass is 228 g/mol. The molecule has 1 rings (SSSR count). The molecule has 1 unspecified atom stereocenters. The fourth-order valence-electron chi connectivity index (χ4n) is 1.66. The van der Waals surface area contributed by atoms with Crippen LogP contribution in [0.3, 0.4) is 0 Å². The third-order valence-electron chi connectivity index (χ3n) is 2.86. The fraction of sp³-hybridized carbons (Fsp3) is 0.800. The summed E-state index contributed by atoms with van der Waals surface area (Å²) in [6.07, 6.45) is 2.03. The first-order chi connectivity index (χ1) is 7.63. The molecule has 0 spiro atoms. The summed E-state index contributed by atoms with van der Waals surface area (Å²) in [6.45, 7) is 5.13. The molecule has 92 valence electrons. The summed E-state index contributed by atoms with van der Waals surface area (Å²) >= 11 is 0. The third kappa shape index (κ3) is 3.01. The molecule has 0 radical (unpaired) electrons. The smallest absolute Gasteiger partial charge is 0.317 e. The molecule has 1 atom stereocenters. The van der Waals surface area contributed by atoms with Crippen molar-refractivity contribution in [3.8, 4) is 0 Å². The van der Waals surface area contributed by atoms with Crippen LogP contribution in [0, 0.1) is 5.92 Å². The second-order valence-corrected chi connectivity index (χ2v) is 3.96. The number of carbonyl (C=O) groups is 1. The SMILES string of the molecule is CCN(CC)C(=O)NC(C(N)=NO)C1CC1. The molecular formula is C10H20N4O2. The number of nitrogens with zero attached hydrogens (tertiary/aromatic N) is 2. The fourth-order valence-corrected chi connectivity index (χ4v) is 1.66. The lowest BCUT2D eigenvalue weighted by molar-refractivity contribution is 0.200. The summed E-state index contributed by atoms with van der Waals surface area (Å²) in [6, 6.07) is -0.494. The van der Waals surface area contributed by atoms with E-state index in [1.165, 1.54) is 0 Å². The molecule has 6 nitrogen and oxygen atoms in total. The Morgan fingerprint density at radius 2 is 2.12 bits per heavy atom. The Morgan fingerprint density at radius 1 is 1.56 bits per heavy atom. The molecule has 4 N–H and O–H groups in total. The van der Waals surface area contributed by atoms with Crippen LogP contribution in [-0.2, 0) is 0 Å². The van der Waals surface area contributed by atoms with E-state index >= 15 is 0 Å². The predicted molar refractivity (Wildman–Crippen MR) is 61.4 cm³/mol. The lowest BCUT2D eigenvalue weighted by atomic mass is 10.2. The summed E-state index contributed by atoms with van der Waals surface area (Å²) in [5.41, 5.74) is 5.56. The van der Waals surface area contributed by atoms with Gasteiger partial charge in [0.1, 0.15) is 0 Å². The molecule has 0 saturated heterocycles. The zero-order chi connectivity index (χ0) is 12.1. The molecule has 2 amide bonds. The normalized spacial score (nSPS) is 18.0. The highest BCUT2D eigenvalue weighted by Crippen LogP contribution is 2.32. The van der Waals surface area contributed by atoms with Gasteiger partial charge < -0.3 is 21.2 Å². The van der Waals surface area contributed by atoms with Gasteiger partial charge in [-0.3, -0.25) is 0 Å². The number of hydrogen-bond donors (Lipinski definition) is 3. The summed E-state index contributed by atoms with van der Waals surface area (Å²) in [7, 11) is 0. The first-order valence-electron chi connectivity index (χ1n) is 5.66. The Bertz CT molecular complexity index is 272. The lowest BCUT2D eigenvalue weighted by Gasteiger charge is -2.23. The van der Waals surface area contributed by atoms with Crippen molar-refractivity contribution in [1.82, 2.24) is 10.2 Å². The third-order valence-corrected chi connectivity index (χ3v) is 2.86. The summed E-state index contributed by atoms with van der Waals surface area (Å²) in [5, 5.41) is 14.4. The average Bonchev–Trinajstić information content (AvgIpc) is 3.10. The van der Waals surface area contributed by atoms with Crippen LogP contribution >= 0.6 is 0 Å². The van der Waals surface area contributed by atoms with Gasteiger partial charge in [-0.25, -0.2) is 4.79 Å². The Morgan fingerprint density at radius 3 is 2.50 bits per heavy atom. The zero-order valence-electron chi connectivity index (χ0n) is 9.81. The zero-order valence-corrected chi connectivity index (χ0v) is 9.81. The van der Waals surface area contributed by atoms with Gasteiger partial charge in [-0.15, -0.1) is 0 Å². The van der Waals surface area contributed by atoms with E-state index in [-0.39, 0.29) is 17.9 Å². The number of amides is 2. The van der Waals surface area contributed by atoms with Crippen LogP contribution in [0.15, 0.2) is 5.16 Å². The van der Waals surface area contributed by atoms with E-state index in [1.54, 1.807) is 4.90 Å². The highest BCUT2D eigenvalue weighted by atomic mass is 16.4. The van der Waals surface area contributed by atoms with Crippen LogP contribution < -0.4 is 11.1 Å². The van der Waals surface area contributed by atoms with Crippen LogP contribution in [-0.4, -0.2) is 41.1 Å². The van der Waals surface area contributed by atoms with Crippen molar-refractivity contribution in [2.24, 2.45) is 16.8 Å². The topological polar surface area (TPSA) is 91.0 Å². The van der Waals surface area contributed by atoms with Gasteiger partial charge in [0.05, 0.1) is 6.04 Å². The van der Waals surface area contributed by atoms with E-state index in [0.717, 1.165) is 12.8 Å². The molecule has 0 aromatic rings. The molecular weight excluding hydrogens is 208 g/mol. The van der Waals surface area contributed by atoms with Crippen molar-refractivity contribution in [3.05, 3.63) is 0 Å². The van der Waals surface area contributed by atoms with Crippen molar-refractivity contribution in [2.75, 3.05) is 13.1 Å². The minimum Gasteiger partial charge on any atom is -0.409 e. The van der Waals surface area contributed by atoms with Gasteiger partial charge in [0, 0.05) is 13.1 Å². The number of hydrogen-bond acceptors (Lipinski definition) is 3. The molecule has 0 aromatic carbocycles. The number of nitrogens with two attached hydrogens (primary N) is 1. The maximum Gasteiger partial charge on any atom is 0.317 e. The quantitative estimate of drug-likeness (QED) is 0.278. The number of carbonyl (C=O) groups excluding carboxylic acids is 1. The van der Waals surface area contributed by atoms with Gasteiger partial charge in [0.2, 0.25) is 0 Å². The Kier molecular flexibility index (Phi) is 4.39. The van der Waals surface area contributed by atoms with Gasteiger partial charge in [0.25, 0.3) is 0 Å². The first-order valence-corrected chi connectivity index (χ1v) is 5.66. The van der Waals surface area contributed by atoms with E-state index in [9.17, 15) is 4.79 Å². The van der Waals surface area contributed by atoms with Gasteiger partial charge in [-0.1, -0.05) is 5.16 Å². The van der Waals surface area contributed by atoms with Crippen molar-refractivity contribution in [2.45, 2.75) is 32.7 Å². The van der Waals surface area contributed by atoms with Crippen molar-refractivity contribution >= 4 is 11.9 Å². The maximum absolute atomic E-state index is 11.8. The molecule has 1 fully saturated rings. The second-order valence-electron chi connectivity index (χ2n) is 3.96. The van der Waals surface area contributed by atoms with Crippen LogP contribution in [0.1, 0.15) is 26.7 Å². The van der Waals surface area contributed by atoms with Gasteiger partial charge >= 0.3 is 6.03 Å². The van der Waals surface area contributed by atoms with Crippen molar-refractivity contribution in [3.63, 3.8) is 0 Å². The van der Waals surface area contributed by atoms with Gasteiger partial charge in [-0.2, -0.15) is 0 Å². The number of nitrogens with one attached hydrogen (secondary N) is 1. The highest BCUT2D eigenvalue weighted by molar-refractivity contribution is 5.90.